The molecule has 10 heteroatoms. The zero-order valence-electron chi connectivity index (χ0n) is 11.7. The van der Waals surface area contributed by atoms with Gasteiger partial charge >= 0.3 is 11.9 Å². The fourth-order valence-electron chi connectivity index (χ4n) is 1.29. The average Bonchev–Trinajstić information content (AvgIpc) is 2.48. The summed E-state index contributed by atoms with van der Waals surface area (Å²) < 4.78 is 4.94. The summed E-state index contributed by atoms with van der Waals surface area (Å²) in [4.78, 5) is 33.9. The van der Waals surface area contributed by atoms with Crippen molar-refractivity contribution in [2.75, 3.05) is 19.0 Å². The fourth-order valence-corrected chi connectivity index (χ4v) is 1.42. The molecule has 3 atom stereocenters. The molecule has 0 fully saturated rings. The van der Waals surface area contributed by atoms with Crippen molar-refractivity contribution in [3.05, 3.63) is 12.2 Å². The first-order valence-corrected chi connectivity index (χ1v) is 6.96. The zero-order chi connectivity index (χ0) is 17.1. The molecule has 9 nitrogen and oxygen atoms in total. The molecular formula is C12H20N2O7S. The summed E-state index contributed by atoms with van der Waals surface area (Å²) in [7, 11) is 0. The molecule has 126 valence electrons. The summed E-state index contributed by atoms with van der Waals surface area (Å²) >= 11 is 3.93. The smallest absolute Gasteiger partial charge is 0.328 e. The lowest BCUT2D eigenvalue weighted by molar-refractivity contribution is -0.151. The van der Waals surface area contributed by atoms with E-state index in [-0.39, 0.29) is 6.42 Å². The summed E-state index contributed by atoms with van der Waals surface area (Å²) in [5.74, 6) is -2.70. The fraction of sp³-hybridized carbons (Fsp3) is 0.583. The predicted octanol–water partition coefficient (Wildman–Crippen LogP) is -2.34. The van der Waals surface area contributed by atoms with Crippen molar-refractivity contribution in [3.63, 3.8) is 0 Å². The van der Waals surface area contributed by atoms with Gasteiger partial charge < -0.3 is 31.1 Å². The highest BCUT2D eigenvalue weighted by Crippen LogP contribution is 2.04. The van der Waals surface area contributed by atoms with Gasteiger partial charge in [-0.2, -0.15) is 12.6 Å². The third kappa shape index (κ3) is 7.98. The highest BCUT2D eigenvalue weighted by Gasteiger charge is 2.23. The largest absolute Gasteiger partial charge is 0.480 e. The number of carbonyl (C=O) groups excluding carboxylic acids is 2. The summed E-state index contributed by atoms with van der Waals surface area (Å²) in [6, 6.07) is -2.68. The maximum atomic E-state index is 11.7. The Labute approximate surface area is 132 Å². The Morgan fingerprint density at radius 3 is 2.36 bits per heavy atom. The van der Waals surface area contributed by atoms with E-state index < -0.39 is 49.2 Å². The molecule has 0 aliphatic heterocycles. The molecule has 0 aromatic rings. The van der Waals surface area contributed by atoms with Gasteiger partial charge in [0, 0.05) is 5.75 Å². The number of aliphatic carboxylic acids is 1. The normalized spacial score (nSPS) is 15.1. The van der Waals surface area contributed by atoms with Crippen molar-refractivity contribution < 1.29 is 34.4 Å². The van der Waals surface area contributed by atoms with E-state index >= 15 is 0 Å². The standard InChI is InChI=1S/C12H20N2O7S/c13-8(5-15)12(20)21-7(2-1-3-22)4-10(17)14-9(6-16)11(18)19/h1-2,7-9,15-16,22H,3-6,13H2,(H,14,17)(H,18,19)/b2-1+/t7?,8?,9-/m1/s1. The lowest BCUT2D eigenvalue weighted by atomic mass is 10.2. The van der Waals surface area contributed by atoms with Gasteiger partial charge in [0.05, 0.1) is 19.6 Å². The van der Waals surface area contributed by atoms with Crippen molar-refractivity contribution in [3.8, 4) is 0 Å². The number of thiol groups is 1. The number of rotatable bonds is 10. The van der Waals surface area contributed by atoms with Gasteiger partial charge in [-0.1, -0.05) is 6.08 Å². The van der Waals surface area contributed by atoms with Gasteiger partial charge in [0.1, 0.15) is 18.2 Å². The summed E-state index contributed by atoms with van der Waals surface area (Å²) in [5.41, 5.74) is 5.29. The van der Waals surface area contributed by atoms with Crippen molar-refractivity contribution in [2.24, 2.45) is 5.73 Å². The van der Waals surface area contributed by atoms with Crippen LogP contribution in [-0.2, 0) is 19.1 Å². The number of ether oxygens (including phenoxy) is 1. The Kier molecular flexibility index (Phi) is 10.2. The zero-order valence-corrected chi connectivity index (χ0v) is 12.6. The first-order valence-electron chi connectivity index (χ1n) is 6.33. The van der Waals surface area contributed by atoms with Crippen LogP contribution in [0.5, 0.6) is 0 Å². The molecule has 0 aliphatic rings. The van der Waals surface area contributed by atoms with Gasteiger partial charge in [-0.05, 0) is 6.08 Å². The molecule has 0 rings (SSSR count). The number of esters is 1. The van der Waals surface area contributed by atoms with Crippen LogP contribution in [0.1, 0.15) is 6.42 Å². The predicted molar refractivity (Wildman–Crippen MR) is 79.2 cm³/mol. The van der Waals surface area contributed by atoms with E-state index in [1.54, 1.807) is 0 Å². The van der Waals surface area contributed by atoms with Gasteiger partial charge in [0.15, 0.2) is 0 Å². The van der Waals surface area contributed by atoms with Gasteiger partial charge in [-0.15, -0.1) is 0 Å². The third-order valence-corrected chi connectivity index (χ3v) is 2.64. The first-order chi connectivity index (χ1) is 10.3. The Morgan fingerprint density at radius 1 is 1.27 bits per heavy atom. The molecule has 0 radical (unpaired) electrons. The second-order valence-electron chi connectivity index (χ2n) is 4.22. The van der Waals surface area contributed by atoms with Crippen molar-refractivity contribution in [1.82, 2.24) is 5.32 Å². The molecule has 0 saturated carbocycles. The molecule has 0 spiro atoms. The highest BCUT2D eigenvalue weighted by molar-refractivity contribution is 7.80. The van der Waals surface area contributed by atoms with E-state index in [0.717, 1.165) is 0 Å². The van der Waals surface area contributed by atoms with E-state index in [2.05, 4.69) is 17.9 Å². The number of aliphatic hydroxyl groups is 2. The molecule has 22 heavy (non-hydrogen) atoms. The topological polar surface area (TPSA) is 159 Å². The number of carboxylic acid groups (broad SMARTS) is 1. The van der Waals surface area contributed by atoms with Crippen molar-refractivity contribution in [2.45, 2.75) is 24.6 Å². The molecule has 2 unspecified atom stereocenters. The SMILES string of the molecule is NC(CO)C(=O)OC(/C=C/CS)CC(=O)N[C@H](CO)C(=O)O. The van der Waals surface area contributed by atoms with Gasteiger partial charge in [-0.25, -0.2) is 4.79 Å². The van der Waals surface area contributed by atoms with Crippen molar-refractivity contribution in [1.29, 1.82) is 0 Å². The quantitative estimate of drug-likeness (QED) is 0.147. The molecule has 6 N–H and O–H groups in total. The van der Waals surface area contributed by atoms with Crippen LogP contribution in [0.25, 0.3) is 0 Å². The van der Waals surface area contributed by atoms with Gasteiger partial charge in [0.25, 0.3) is 0 Å². The van der Waals surface area contributed by atoms with Gasteiger partial charge in [-0.3, -0.25) is 9.59 Å². The minimum absolute atomic E-state index is 0.329. The number of aliphatic hydroxyl groups excluding tert-OH is 2. The van der Waals surface area contributed by atoms with Crippen LogP contribution in [0, 0.1) is 0 Å². The molecule has 0 saturated heterocycles. The van der Waals surface area contributed by atoms with Crippen LogP contribution in [0.2, 0.25) is 0 Å². The van der Waals surface area contributed by atoms with Crippen LogP contribution in [0.4, 0.5) is 0 Å². The summed E-state index contributed by atoms with van der Waals surface area (Å²) in [6.07, 6.45) is 1.56. The first kappa shape index (κ1) is 20.4. The van der Waals surface area contributed by atoms with Crippen LogP contribution in [0.15, 0.2) is 12.2 Å². The number of nitrogens with one attached hydrogen (secondary N) is 1. The average molecular weight is 336 g/mol. The molecule has 0 aliphatic carbocycles. The number of carbonyl (C=O) groups is 3. The molecule has 0 aromatic carbocycles. The van der Waals surface area contributed by atoms with Crippen LogP contribution in [0.3, 0.4) is 0 Å². The van der Waals surface area contributed by atoms with Crippen molar-refractivity contribution >= 4 is 30.5 Å². The third-order valence-electron chi connectivity index (χ3n) is 2.43. The Bertz CT molecular complexity index is 416. The molecule has 1 amide bonds. The monoisotopic (exact) mass is 336 g/mol. The number of amides is 1. The van der Waals surface area contributed by atoms with E-state index in [0.29, 0.717) is 5.75 Å². The van der Waals surface area contributed by atoms with E-state index in [4.69, 9.17) is 25.8 Å². The maximum absolute atomic E-state index is 11.7. The van der Waals surface area contributed by atoms with E-state index in [1.807, 2.05) is 0 Å². The lowest BCUT2D eigenvalue weighted by Gasteiger charge is -2.18. The second-order valence-corrected chi connectivity index (χ2v) is 4.59. The number of hydrogen-bond donors (Lipinski definition) is 6. The number of hydrogen-bond acceptors (Lipinski definition) is 8. The van der Waals surface area contributed by atoms with Crippen LogP contribution in [-0.4, -0.2) is 70.3 Å². The Balaban J connectivity index is 4.70. The molecule has 0 bridgehead atoms. The second kappa shape index (κ2) is 11.0. The lowest BCUT2D eigenvalue weighted by Crippen LogP contribution is -2.45. The number of nitrogens with two attached hydrogens (primary N) is 1. The van der Waals surface area contributed by atoms with Crippen LogP contribution < -0.4 is 11.1 Å². The molecule has 0 heterocycles. The van der Waals surface area contributed by atoms with E-state index in [9.17, 15) is 14.4 Å². The molecular weight excluding hydrogens is 316 g/mol. The van der Waals surface area contributed by atoms with Gasteiger partial charge in [0.2, 0.25) is 5.91 Å². The summed E-state index contributed by atoms with van der Waals surface area (Å²) in [5, 5.41) is 28.4. The highest BCUT2D eigenvalue weighted by atomic mass is 32.1. The Morgan fingerprint density at radius 2 is 1.91 bits per heavy atom. The minimum atomic E-state index is -1.45. The maximum Gasteiger partial charge on any atom is 0.328 e. The van der Waals surface area contributed by atoms with E-state index in [1.165, 1.54) is 12.2 Å². The molecule has 0 aromatic heterocycles. The Hall–Kier alpha value is -1.62. The van der Waals surface area contributed by atoms with Crippen LogP contribution >= 0.6 is 12.6 Å². The number of carboxylic acids is 1. The minimum Gasteiger partial charge on any atom is -0.480 e. The summed E-state index contributed by atoms with van der Waals surface area (Å²) in [6.45, 7) is -1.38.